The first-order chi connectivity index (χ1) is 15.2. The van der Waals surface area contributed by atoms with E-state index in [0.29, 0.717) is 10.9 Å². The Morgan fingerprint density at radius 2 is 1.88 bits per heavy atom. The van der Waals surface area contributed by atoms with E-state index in [1.165, 1.54) is 12.1 Å². The molecule has 5 nitrogen and oxygen atoms in total. The maximum atomic E-state index is 14.7. The molecule has 9 heteroatoms. The number of aryl methyl sites for hydroxylation is 1. The van der Waals surface area contributed by atoms with Gasteiger partial charge in [0.2, 0.25) is 0 Å². The minimum atomic E-state index is -4.69. The van der Waals surface area contributed by atoms with Crippen LogP contribution in [-0.4, -0.2) is 21.7 Å². The van der Waals surface area contributed by atoms with Gasteiger partial charge in [-0.15, -0.1) is 0 Å². The number of alkyl halides is 3. The summed E-state index contributed by atoms with van der Waals surface area (Å²) in [7, 11) is 1.84. The molecular weight excluding hydrogens is 426 g/mol. The lowest BCUT2D eigenvalue weighted by Crippen LogP contribution is -2.17. The summed E-state index contributed by atoms with van der Waals surface area (Å²) in [4.78, 5) is 26.8. The lowest BCUT2D eigenvalue weighted by Gasteiger charge is -2.26. The first kappa shape index (κ1) is 22.0. The third-order valence-electron chi connectivity index (χ3n) is 6.07. The number of halogens is 4. The number of nitrogens with one attached hydrogen (secondary N) is 1. The Hall–Kier alpha value is -3.23. The van der Waals surface area contributed by atoms with Gasteiger partial charge in [0.1, 0.15) is 23.5 Å². The predicted molar refractivity (Wildman–Crippen MR) is 111 cm³/mol. The highest BCUT2D eigenvalue weighted by atomic mass is 19.4. The van der Waals surface area contributed by atoms with E-state index in [2.05, 4.69) is 10.3 Å². The number of benzene rings is 1. The molecular formula is C23H21F4N3O2. The number of hydrogen-bond donors (Lipinski definition) is 1. The van der Waals surface area contributed by atoms with Crippen molar-refractivity contribution in [2.45, 2.75) is 37.8 Å². The van der Waals surface area contributed by atoms with Crippen LogP contribution in [0.25, 0.3) is 10.9 Å². The van der Waals surface area contributed by atoms with E-state index in [0.717, 1.165) is 55.9 Å². The highest BCUT2D eigenvalue weighted by Crippen LogP contribution is 2.38. The van der Waals surface area contributed by atoms with Crippen molar-refractivity contribution in [3.05, 3.63) is 59.3 Å². The Morgan fingerprint density at radius 3 is 2.53 bits per heavy atom. The summed E-state index contributed by atoms with van der Waals surface area (Å²) in [5.41, 5.74) is -0.126. The van der Waals surface area contributed by atoms with Crippen molar-refractivity contribution in [1.82, 2.24) is 9.55 Å². The second-order valence-electron chi connectivity index (χ2n) is 8.13. The summed E-state index contributed by atoms with van der Waals surface area (Å²) >= 11 is 0. The van der Waals surface area contributed by atoms with Gasteiger partial charge in [0.15, 0.2) is 0 Å². The lowest BCUT2D eigenvalue weighted by atomic mass is 9.81. The summed E-state index contributed by atoms with van der Waals surface area (Å²) in [6.45, 7) is 0. The normalized spacial score (nSPS) is 19.2. The molecule has 1 aliphatic rings. The maximum absolute atomic E-state index is 14.7. The van der Waals surface area contributed by atoms with E-state index >= 15 is 0 Å². The minimum absolute atomic E-state index is 0.0876. The zero-order valence-corrected chi connectivity index (χ0v) is 17.2. The van der Waals surface area contributed by atoms with Gasteiger partial charge in [0.25, 0.3) is 5.91 Å². The molecule has 168 valence electrons. The van der Waals surface area contributed by atoms with Crippen LogP contribution in [0.2, 0.25) is 0 Å². The van der Waals surface area contributed by atoms with Crippen LogP contribution < -0.4 is 5.32 Å². The zero-order chi connectivity index (χ0) is 23.0. The Kier molecular flexibility index (Phi) is 5.75. The van der Waals surface area contributed by atoms with Crippen LogP contribution in [0.5, 0.6) is 0 Å². The van der Waals surface area contributed by atoms with Crippen LogP contribution in [0, 0.1) is 11.7 Å². The monoisotopic (exact) mass is 447 g/mol. The summed E-state index contributed by atoms with van der Waals surface area (Å²) in [5, 5.41) is 3.03. The quantitative estimate of drug-likeness (QED) is 0.427. The second-order valence-corrected chi connectivity index (χ2v) is 8.13. The van der Waals surface area contributed by atoms with E-state index < -0.39 is 29.3 Å². The van der Waals surface area contributed by atoms with Gasteiger partial charge in [-0.05, 0) is 55.9 Å². The van der Waals surface area contributed by atoms with Gasteiger partial charge in [-0.25, -0.2) is 9.37 Å². The first-order valence-corrected chi connectivity index (χ1v) is 10.3. The van der Waals surface area contributed by atoms with Gasteiger partial charge in [0, 0.05) is 30.1 Å². The molecule has 1 saturated carbocycles. The second kappa shape index (κ2) is 8.37. The molecule has 2 aromatic heterocycles. The van der Waals surface area contributed by atoms with Gasteiger partial charge in [0.05, 0.1) is 11.2 Å². The average Bonchev–Trinajstić information content (AvgIpc) is 3.09. The molecule has 0 atom stereocenters. The smallest absolute Gasteiger partial charge is 0.347 e. The van der Waals surface area contributed by atoms with Crippen LogP contribution in [-0.2, 0) is 18.0 Å². The largest absolute Gasteiger partial charge is 0.433 e. The molecule has 0 unspecified atom stereocenters. The number of hydrogen-bond acceptors (Lipinski definition) is 3. The van der Waals surface area contributed by atoms with E-state index in [-0.39, 0.29) is 17.5 Å². The van der Waals surface area contributed by atoms with Gasteiger partial charge in [-0.1, -0.05) is 6.07 Å². The predicted octanol–water partition coefficient (Wildman–Crippen LogP) is 5.46. The third-order valence-corrected chi connectivity index (χ3v) is 6.07. The van der Waals surface area contributed by atoms with Gasteiger partial charge >= 0.3 is 6.18 Å². The molecule has 0 spiro atoms. The van der Waals surface area contributed by atoms with E-state index in [4.69, 9.17) is 0 Å². The van der Waals surface area contributed by atoms with Crippen molar-refractivity contribution in [3.63, 3.8) is 0 Å². The number of carbonyl (C=O) groups is 2. The number of carbonyl (C=O) groups excluding carboxylic acids is 2. The highest BCUT2D eigenvalue weighted by Gasteiger charge is 2.33. The molecule has 1 fully saturated rings. The number of pyridine rings is 1. The Morgan fingerprint density at radius 1 is 1.16 bits per heavy atom. The summed E-state index contributed by atoms with van der Waals surface area (Å²) in [5.74, 6) is -1.29. The van der Waals surface area contributed by atoms with Crippen molar-refractivity contribution in [2.75, 3.05) is 5.32 Å². The number of fused-ring (bicyclic) bond motifs is 1. The minimum Gasteiger partial charge on any atom is -0.347 e. The molecule has 32 heavy (non-hydrogen) atoms. The molecule has 1 N–H and O–H groups in total. The molecule has 0 radical (unpaired) electrons. The number of aromatic nitrogens is 2. The topological polar surface area (TPSA) is 64.0 Å². The fraction of sp³-hybridized carbons (Fsp3) is 0.348. The van der Waals surface area contributed by atoms with Crippen molar-refractivity contribution >= 4 is 28.8 Å². The standard InChI is InChI=1S/C23H21F4N3O2/c1-30-19(14-7-5-13(12-31)6-8-14)10-15-9-18(16(24)11-20(15)30)29-22(32)17-3-2-4-21(28-17)23(25,26)27/h2-4,9-14H,5-8H2,1H3,(H,29,32)/t13-,14-. The van der Waals surface area contributed by atoms with Crippen molar-refractivity contribution in [2.24, 2.45) is 13.0 Å². The summed E-state index contributed by atoms with van der Waals surface area (Å²) < 4.78 is 55.2. The first-order valence-electron chi connectivity index (χ1n) is 10.3. The molecule has 0 aliphatic heterocycles. The van der Waals surface area contributed by atoms with Crippen LogP contribution in [0.1, 0.15) is 53.5 Å². The fourth-order valence-electron chi connectivity index (χ4n) is 4.32. The van der Waals surface area contributed by atoms with Crippen LogP contribution >= 0.6 is 0 Å². The molecule has 0 bridgehead atoms. The van der Waals surface area contributed by atoms with Crippen molar-refractivity contribution in [3.8, 4) is 0 Å². The Labute approximate surface area is 181 Å². The molecule has 1 aliphatic carbocycles. The van der Waals surface area contributed by atoms with Crippen LogP contribution in [0.4, 0.5) is 23.2 Å². The molecule has 4 rings (SSSR count). The van der Waals surface area contributed by atoms with Gasteiger partial charge in [-0.2, -0.15) is 13.2 Å². The SMILES string of the molecule is Cn1c2cc(F)c(NC(=O)c3cccc(C(F)(F)F)n3)cc2cc1[C@H]1CC[C@H](C=O)CC1. The van der Waals surface area contributed by atoms with E-state index in [1.807, 2.05) is 17.7 Å². The molecule has 0 saturated heterocycles. The van der Waals surface area contributed by atoms with Gasteiger partial charge in [-0.3, -0.25) is 4.79 Å². The highest BCUT2D eigenvalue weighted by molar-refractivity contribution is 6.04. The van der Waals surface area contributed by atoms with Gasteiger partial charge < -0.3 is 14.7 Å². The Balaban J connectivity index is 1.60. The van der Waals surface area contributed by atoms with Crippen LogP contribution in [0.15, 0.2) is 36.4 Å². The third kappa shape index (κ3) is 4.24. The fourth-order valence-corrected chi connectivity index (χ4v) is 4.32. The van der Waals surface area contributed by atoms with E-state index in [1.54, 1.807) is 0 Å². The number of rotatable bonds is 4. The molecule has 3 aromatic rings. The average molecular weight is 447 g/mol. The number of aldehydes is 1. The summed E-state index contributed by atoms with van der Waals surface area (Å²) in [6, 6.07) is 7.67. The molecule has 1 amide bonds. The number of amides is 1. The Bertz CT molecular complexity index is 1180. The maximum Gasteiger partial charge on any atom is 0.433 e. The lowest BCUT2D eigenvalue weighted by molar-refractivity contribution is -0.141. The van der Waals surface area contributed by atoms with Crippen molar-refractivity contribution in [1.29, 1.82) is 0 Å². The molecule has 2 heterocycles. The number of nitrogens with zero attached hydrogens (tertiary/aromatic N) is 2. The summed E-state index contributed by atoms with van der Waals surface area (Å²) in [6.07, 6.45) is -0.334. The van der Waals surface area contributed by atoms with E-state index in [9.17, 15) is 27.2 Å². The van der Waals surface area contributed by atoms with Crippen LogP contribution in [0.3, 0.4) is 0 Å². The number of anilines is 1. The molecule has 1 aromatic carbocycles. The zero-order valence-electron chi connectivity index (χ0n) is 17.2. The van der Waals surface area contributed by atoms with Crippen molar-refractivity contribution < 1.29 is 27.2 Å².